The van der Waals surface area contributed by atoms with Gasteiger partial charge in [-0.15, -0.1) is 0 Å². The molecule has 0 aliphatic heterocycles. The van der Waals surface area contributed by atoms with Crippen LogP contribution in [0.5, 0.6) is 0 Å². The molecule has 80 valence electrons. The van der Waals surface area contributed by atoms with E-state index in [9.17, 15) is 9.13 Å². The lowest BCUT2D eigenvalue weighted by Crippen LogP contribution is -2.45. The van der Waals surface area contributed by atoms with Gasteiger partial charge in [-0.2, -0.15) is 0 Å². The van der Waals surface area contributed by atoms with Crippen LogP contribution in [0.1, 0.15) is 6.92 Å². The van der Waals surface area contributed by atoms with Gasteiger partial charge in [0.1, 0.15) is 0 Å². The van der Waals surface area contributed by atoms with Crippen molar-refractivity contribution in [3.8, 4) is 0 Å². The Hall–Kier alpha value is 0.220. The lowest BCUT2D eigenvalue weighted by Gasteiger charge is -2.32. The second-order valence-corrected chi connectivity index (χ2v) is 6.46. The minimum atomic E-state index is -5.40. The van der Waals surface area contributed by atoms with Gasteiger partial charge >= 0.3 is 15.2 Å². The topological polar surface area (TPSA) is 161 Å². The van der Waals surface area contributed by atoms with Gasteiger partial charge in [0.15, 0.2) is 0 Å². The zero-order chi connectivity index (χ0) is 11.1. The van der Waals surface area contributed by atoms with Crippen molar-refractivity contribution in [3.05, 3.63) is 0 Å². The Labute approximate surface area is 73.7 Å². The fourth-order valence-corrected chi connectivity index (χ4v) is 3.12. The van der Waals surface area contributed by atoms with Gasteiger partial charge in [-0.05, 0) is 6.92 Å². The molecular formula is C3H11NO7P2. The van der Waals surface area contributed by atoms with Crippen LogP contribution >= 0.6 is 15.2 Å². The van der Waals surface area contributed by atoms with E-state index in [1.807, 2.05) is 0 Å². The number of rotatable bonds is 3. The molecule has 0 aromatic heterocycles. The highest BCUT2D eigenvalue weighted by atomic mass is 31.2. The fourth-order valence-electron chi connectivity index (χ4n) is 0.700. The van der Waals surface area contributed by atoms with Gasteiger partial charge in [-0.1, -0.05) is 0 Å². The monoisotopic (exact) mass is 235 g/mol. The van der Waals surface area contributed by atoms with Crippen molar-refractivity contribution in [3.63, 3.8) is 0 Å². The minimum Gasteiger partial charge on any atom is -0.366 e. The molecule has 0 spiro atoms. The van der Waals surface area contributed by atoms with E-state index in [0.717, 1.165) is 6.92 Å². The van der Waals surface area contributed by atoms with Crippen molar-refractivity contribution >= 4 is 15.2 Å². The SMILES string of the molecule is C[C@H](N)C(O)(P(=O)(O)O)P(=O)(O)O. The van der Waals surface area contributed by atoms with Crippen LogP contribution in [0.2, 0.25) is 0 Å². The summed E-state index contributed by atoms with van der Waals surface area (Å²) in [6.45, 7) is 0.887. The summed E-state index contributed by atoms with van der Waals surface area (Å²) in [6.07, 6.45) is 0. The van der Waals surface area contributed by atoms with E-state index in [1.54, 1.807) is 0 Å². The normalized spacial score (nSPS) is 17.2. The fraction of sp³-hybridized carbons (Fsp3) is 1.00. The van der Waals surface area contributed by atoms with Crippen molar-refractivity contribution in [2.75, 3.05) is 0 Å². The molecule has 0 unspecified atom stereocenters. The second kappa shape index (κ2) is 3.42. The maximum atomic E-state index is 10.6. The summed E-state index contributed by atoms with van der Waals surface area (Å²) in [4.78, 5) is 34.1. The first-order valence-electron chi connectivity index (χ1n) is 3.04. The third-order valence-corrected chi connectivity index (χ3v) is 5.56. The molecule has 7 N–H and O–H groups in total. The number of aliphatic hydroxyl groups is 1. The lowest BCUT2D eigenvalue weighted by molar-refractivity contribution is 0.113. The van der Waals surface area contributed by atoms with Crippen LogP contribution in [0.15, 0.2) is 0 Å². The summed E-state index contributed by atoms with van der Waals surface area (Å²) < 4.78 is 21.2. The van der Waals surface area contributed by atoms with Crippen molar-refractivity contribution in [1.82, 2.24) is 0 Å². The molecule has 0 radical (unpaired) electrons. The molecule has 0 fully saturated rings. The molecule has 0 heterocycles. The van der Waals surface area contributed by atoms with Crippen molar-refractivity contribution < 1.29 is 33.8 Å². The average molecular weight is 235 g/mol. The molecule has 0 aliphatic carbocycles. The molecule has 0 amide bonds. The summed E-state index contributed by atoms with van der Waals surface area (Å²) in [5.41, 5.74) is 4.91. The molecule has 1 atom stereocenters. The standard InChI is InChI=1S/C3H11NO7P2/c1-2(4)3(5,12(6,7)8)13(9,10)11/h2,5H,4H2,1H3,(H2,6,7,8)(H2,9,10,11)/t2-/m0/s1. The molecule has 13 heavy (non-hydrogen) atoms. The highest BCUT2D eigenvalue weighted by Gasteiger charge is 2.61. The van der Waals surface area contributed by atoms with Crippen molar-refractivity contribution in [2.24, 2.45) is 5.73 Å². The zero-order valence-electron chi connectivity index (χ0n) is 6.60. The smallest absolute Gasteiger partial charge is 0.366 e. The predicted octanol–water partition coefficient (Wildman–Crippen LogP) is -1.66. The number of hydrogen-bond acceptors (Lipinski definition) is 4. The molecule has 0 rings (SSSR count). The van der Waals surface area contributed by atoms with E-state index in [0.29, 0.717) is 0 Å². The third-order valence-electron chi connectivity index (χ3n) is 1.47. The molecular weight excluding hydrogens is 224 g/mol. The van der Waals surface area contributed by atoms with Gasteiger partial charge < -0.3 is 30.4 Å². The molecule has 0 bridgehead atoms. The Morgan fingerprint density at radius 3 is 1.38 bits per heavy atom. The van der Waals surface area contributed by atoms with Gasteiger partial charge in [-0.25, -0.2) is 0 Å². The van der Waals surface area contributed by atoms with Crippen molar-refractivity contribution in [2.45, 2.75) is 18.0 Å². The van der Waals surface area contributed by atoms with Gasteiger partial charge in [0.05, 0.1) is 6.04 Å². The Morgan fingerprint density at radius 1 is 1.15 bits per heavy atom. The first-order valence-corrected chi connectivity index (χ1v) is 6.26. The second-order valence-electron chi connectivity index (χ2n) is 2.56. The Morgan fingerprint density at radius 2 is 1.38 bits per heavy atom. The van der Waals surface area contributed by atoms with E-state index in [1.165, 1.54) is 0 Å². The Bertz CT molecular complexity index is 253. The molecule has 8 nitrogen and oxygen atoms in total. The summed E-state index contributed by atoms with van der Waals surface area (Å²) in [5.74, 6) is 0. The quantitative estimate of drug-likeness (QED) is 0.316. The number of nitrogens with two attached hydrogens (primary N) is 1. The van der Waals surface area contributed by atoms with Crippen LogP contribution in [0, 0.1) is 0 Å². The summed E-state index contributed by atoms with van der Waals surface area (Å²) in [6, 6.07) is -1.76. The third kappa shape index (κ3) is 2.18. The summed E-state index contributed by atoms with van der Waals surface area (Å²) in [5, 5.41) is 5.60. The van der Waals surface area contributed by atoms with Gasteiger partial charge in [0.2, 0.25) is 0 Å². The van der Waals surface area contributed by atoms with Crippen LogP contribution in [-0.2, 0) is 9.13 Å². The minimum absolute atomic E-state index is 0.887. The van der Waals surface area contributed by atoms with Crippen LogP contribution in [0.25, 0.3) is 0 Å². The molecule has 0 saturated carbocycles. The highest BCUT2D eigenvalue weighted by molar-refractivity contribution is 7.72. The van der Waals surface area contributed by atoms with Crippen LogP contribution in [0.3, 0.4) is 0 Å². The zero-order valence-corrected chi connectivity index (χ0v) is 8.39. The first kappa shape index (κ1) is 13.2. The van der Waals surface area contributed by atoms with E-state index in [2.05, 4.69) is 0 Å². The Kier molecular flexibility index (Phi) is 3.47. The van der Waals surface area contributed by atoms with Crippen LogP contribution < -0.4 is 5.73 Å². The molecule has 0 saturated heterocycles. The van der Waals surface area contributed by atoms with E-state index < -0.39 is 26.3 Å². The Balaban J connectivity index is 5.50. The lowest BCUT2D eigenvalue weighted by atomic mass is 10.4. The summed E-state index contributed by atoms with van der Waals surface area (Å²) >= 11 is 0. The molecule has 0 aromatic rings. The molecule has 0 aromatic carbocycles. The summed E-state index contributed by atoms with van der Waals surface area (Å²) in [7, 11) is -10.8. The van der Waals surface area contributed by atoms with Gasteiger partial charge in [-0.3, -0.25) is 9.13 Å². The number of hydrogen-bond donors (Lipinski definition) is 6. The largest absolute Gasteiger partial charge is 0.371 e. The molecule has 0 aliphatic rings. The van der Waals surface area contributed by atoms with Crippen LogP contribution in [0.4, 0.5) is 0 Å². The van der Waals surface area contributed by atoms with Crippen LogP contribution in [-0.4, -0.2) is 35.8 Å². The maximum absolute atomic E-state index is 10.6. The van der Waals surface area contributed by atoms with Crippen molar-refractivity contribution in [1.29, 1.82) is 0 Å². The molecule has 10 heteroatoms. The van der Waals surface area contributed by atoms with Gasteiger partial charge in [0, 0.05) is 0 Å². The van der Waals surface area contributed by atoms with Gasteiger partial charge in [0.25, 0.3) is 5.08 Å². The van der Waals surface area contributed by atoms with E-state index in [-0.39, 0.29) is 0 Å². The van der Waals surface area contributed by atoms with E-state index >= 15 is 0 Å². The average Bonchev–Trinajstić information content (AvgIpc) is 1.80. The first-order chi connectivity index (χ1) is 5.44. The maximum Gasteiger partial charge on any atom is 0.371 e. The van der Waals surface area contributed by atoms with E-state index in [4.69, 9.17) is 30.4 Å². The predicted molar refractivity (Wildman–Crippen MR) is 42.7 cm³/mol. The highest BCUT2D eigenvalue weighted by Crippen LogP contribution is 2.68.